The Morgan fingerprint density at radius 1 is 1.25 bits per heavy atom. The zero-order chi connectivity index (χ0) is 15.0. The minimum Gasteiger partial charge on any atom is -0.316 e. The molecular formula is C15H24BrNO2S. The van der Waals surface area contributed by atoms with Gasteiger partial charge in [-0.2, -0.15) is 0 Å². The Bertz CT molecular complexity index is 485. The third-order valence-corrected chi connectivity index (χ3v) is 4.70. The van der Waals surface area contributed by atoms with Crippen molar-refractivity contribution in [3.8, 4) is 0 Å². The molecule has 0 aromatic heterocycles. The first-order chi connectivity index (χ1) is 9.40. The van der Waals surface area contributed by atoms with Gasteiger partial charge in [-0.15, -0.1) is 0 Å². The summed E-state index contributed by atoms with van der Waals surface area (Å²) in [5, 5.41) is 3.40. The summed E-state index contributed by atoms with van der Waals surface area (Å²) in [4.78, 5) is 0. The van der Waals surface area contributed by atoms with Gasteiger partial charge in [-0.25, -0.2) is 8.42 Å². The summed E-state index contributed by atoms with van der Waals surface area (Å²) in [6.45, 7) is 3.99. The fraction of sp³-hybridized carbons (Fsp3) is 0.600. The molecule has 0 saturated carbocycles. The maximum atomic E-state index is 11.3. The summed E-state index contributed by atoms with van der Waals surface area (Å²) in [5.41, 5.74) is 1.25. The maximum Gasteiger partial charge on any atom is 0.147 e. The fourth-order valence-corrected chi connectivity index (χ4v) is 3.12. The van der Waals surface area contributed by atoms with Crippen molar-refractivity contribution < 1.29 is 8.42 Å². The molecular weight excluding hydrogens is 338 g/mol. The normalized spacial score (nSPS) is 13.3. The van der Waals surface area contributed by atoms with Crippen molar-refractivity contribution in [2.75, 3.05) is 25.1 Å². The van der Waals surface area contributed by atoms with E-state index in [0.29, 0.717) is 12.3 Å². The molecule has 1 atom stereocenters. The van der Waals surface area contributed by atoms with Gasteiger partial charge in [0, 0.05) is 10.7 Å². The molecule has 1 unspecified atom stereocenters. The number of hydrogen-bond donors (Lipinski definition) is 1. The number of sulfone groups is 1. The predicted octanol–water partition coefficient (Wildman–Crippen LogP) is 3.04. The highest BCUT2D eigenvalue weighted by molar-refractivity contribution is 9.10. The van der Waals surface area contributed by atoms with Crippen molar-refractivity contribution in [3.05, 3.63) is 34.3 Å². The van der Waals surface area contributed by atoms with Gasteiger partial charge in [0.15, 0.2) is 0 Å². The van der Waals surface area contributed by atoms with Crippen LogP contribution in [0, 0.1) is 5.92 Å². The predicted molar refractivity (Wildman–Crippen MR) is 88.8 cm³/mol. The number of nitrogens with one attached hydrogen (secondary N) is 1. The van der Waals surface area contributed by atoms with Crippen LogP contribution in [-0.4, -0.2) is 33.5 Å². The Kier molecular flexibility index (Phi) is 7.77. The number of halogens is 1. The molecule has 0 aliphatic rings. The summed E-state index contributed by atoms with van der Waals surface area (Å²) < 4.78 is 23.7. The van der Waals surface area contributed by atoms with Gasteiger partial charge in [0.25, 0.3) is 0 Å². The quantitative estimate of drug-likeness (QED) is 0.687. The first kappa shape index (κ1) is 17.7. The molecule has 1 aromatic rings. The average molecular weight is 362 g/mol. The van der Waals surface area contributed by atoms with Gasteiger partial charge in [0.1, 0.15) is 9.84 Å². The minimum absolute atomic E-state index is 0.266. The lowest BCUT2D eigenvalue weighted by Crippen LogP contribution is -2.26. The van der Waals surface area contributed by atoms with Gasteiger partial charge in [-0.05, 0) is 56.0 Å². The smallest absolute Gasteiger partial charge is 0.147 e. The van der Waals surface area contributed by atoms with Gasteiger partial charge in [0.2, 0.25) is 0 Å². The second-order valence-corrected chi connectivity index (χ2v) is 8.49. The molecule has 0 aliphatic heterocycles. The molecule has 0 saturated heterocycles. The van der Waals surface area contributed by atoms with E-state index >= 15 is 0 Å². The molecule has 1 rings (SSSR count). The van der Waals surface area contributed by atoms with Crippen LogP contribution in [0.25, 0.3) is 0 Å². The zero-order valence-corrected chi connectivity index (χ0v) is 14.6. The topological polar surface area (TPSA) is 46.2 Å². The summed E-state index contributed by atoms with van der Waals surface area (Å²) in [5.74, 6) is 0.625. The Morgan fingerprint density at radius 3 is 2.45 bits per heavy atom. The molecule has 0 bridgehead atoms. The molecule has 0 heterocycles. The fourth-order valence-electron chi connectivity index (χ4n) is 2.09. The minimum atomic E-state index is -2.88. The number of rotatable bonds is 9. The summed E-state index contributed by atoms with van der Waals surface area (Å²) in [6.07, 6.45) is 4.03. The third kappa shape index (κ3) is 8.02. The van der Waals surface area contributed by atoms with Crippen LogP contribution in [0.2, 0.25) is 0 Å². The number of hydrogen-bond acceptors (Lipinski definition) is 3. The van der Waals surface area contributed by atoms with Crippen LogP contribution in [0.3, 0.4) is 0 Å². The van der Waals surface area contributed by atoms with Crippen LogP contribution in [0.1, 0.15) is 25.3 Å². The monoisotopic (exact) mass is 361 g/mol. The van der Waals surface area contributed by atoms with Crippen LogP contribution < -0.4 is 5.32 Å². The first-order valence-corrected chi connectivity index (χ1v) is 9.89. The van der Waals surface area contributed by atoms with Gasteiger partial charge in [-0.3, -0.25) is 0 Å². The van der Waals surface area contributed by atoms with Crippen LogP contribution >= 0.6 is 15.9 Å². The van der Waals surface area contributed by atoms with Crippen molar-refractivity contribution in [2.24, 2.45) is 5.92 Å². The molecule has 0 radical (unpaired) electrons. The standard InChI is InChI=1S/C15H24BrNO2S/c1-3-9-17-12-14(8-10-20(2,18)19)11-13-4-6-15(16)7-5-13/h4-7,14,17H,3,8-12H2,1-2H3. The average Bonchev–Trinajstić information content (AvgIpc) is 2.37. The summed E-state index contributed by atoms with van der Waals surface area (Å²) >= 11 is 3.43. The van der Waals surface area contributed by atoms with Crippen molar-refractivity contribution >= 4 is 25.8 Å². The van der Waals surface area contributed by atoms with Crippen molar-refractivity contribution in [3.63, 3.8) is 0 Å². The Hall–Kier alpha value is -0.390. The van der Waals surface area contributed by atoms with Crippen LogP contribution in [0.15, 0.2) is 28.7 Å². The lowest BCUT2D eigenvalue weighted by atomic mass is 9.97. The van der Waals surface area contributed by atoms with E-state index in [1.807, 2.05) is 12.1 Å². The van der Waals surface area contributed by atoms with E-state index in [1.165, 1.54) is 11.8 Å². The molecule has 0 aliphatic carbocycles. The highest BCUT2D eigenvalue weighted by atomic mass is 79.9. The summed E-state index contributed by atoms with van der Waals surface area (Å²) in [7, 11) is -2.88. The van der Waals surface area contributed by atoms with E-state index in [-0.39, 0.29) is 5.75 Å². The van der Waals surface area contributed by atoms with E-state index < -0.39 is 9.84 Å². The highest BCUT2D eigenvalue weighted by Crippen LogP contribution is 2.16. The molecule has 0 fully saturated rings. The highest BCUT2D eigenvalue weighted by Gasteiger charge is 2.13. The molecule has 1 N–H and O–H groups in total. The van der Waals surface area contributed by atoms with E-state index in [0.717, 1.165) is 30.4 Å². The second kappa shape index (κ2) is 8.80. The van der Waals surface area contributed by atoms with Gasteiger partial charge in [0.05, 0.1) is 5.75 Å². The van der Waals surface area contributed by atoms with Crippen molar-refractivity contribution in [1.29, 1.82) is 0 Å². The molecule has 5 heteroatoms. The molecule has 0 spiro atoms. The Labute approximate surface area is 131 Å². The summed E-state index contributed by atoms with van der Waals surface area (Å²) in [6, 6.07) is 8.25. The SMILES string of the molecule is CCCNCC(CCS(C)(=O)=O)Cc1ccc(Br)cc1. The van der Waals surface area contributed by atoms with Gasteiger partial charge >= 0.3 is 0 Å². The van der Waals surface area contributed by atoms with Crippen molar-refractivity contribution in [1.82, 2.24) is 5.32 Å². The largest absolute Gasteiger partial charge is 0.316 e. The Balaban J connectivity index is 2.58. The van der Waals surface area contributed by atoms with E-state index in [9.17, 15) is 8.42 Å². The van der Waals surface area contributed by atoms with E-state index in [4.69, 9.17) is 0 Å². The molecule has 20 heavy (non-hydrogen) atoms. The molecule has 3 nitrogen and oxygen atoms in total. The third-order valence-electron chi connectivity index (χ3n) is 3.19. The van der Waals surface area contributed by atoms with Crippen molar-refractivity contribution in [2.45, 2.75) is 26.2 Å². The zero-order valence-electron chi connectivity index (χ0n) is 12.2. The van der Waals surface area contributed by atoms with Gasteiger partial charge in [-0.1, -0.05) is 35.0 Å². The Morgan fingerprint density at radius 2 is 1.90 bits per heavy atom. The number of benzene rings is 1. The van der Waals surface area contributed by atoms with E-state index in [2.05, 4.69) is 40.3 Å². The van der Waals surface area contributed by atoms with Gasteiger partial charge < -0.3 is 5.32 Å². The lowest BCUT2D eigenvalue weighted by molar-refractivity contribution is 0.459. The molecule has 0 amide bonds. The molecule has 1 aromatic carbocycles. The van der Waals surface area contributed by atoms with E-state index in [1.54, 1.807) is 0 Å². The lowest BCUT2D eigenvalue weighted by Gasteiger charge is -2.17. The van der Waals surface area contributed by atoms with Crippen LogP contribution in [-0.2, 0) is 16.3 Å². The molecule has 114 valence electrons. The van der Waals surface area contributed by atoms with Crippen LogP contribution in [0.5, 0.6) is 0 Å². The first-order valence-electron chi connectivity index (χ1n) is 7.03. The van der Waals surface area contributed by atoms with Crippen LogP contribution in [0.4, 0.5) is 0 Å². The maximum absolute atomic E-state index is 11.3. The second-order valence-electron chi connectivity index (χ2n) is 5.32.